The van der Waals surface area contributed by atoms with Crippen molar-refractivity contribution in [2.75, 3.05) is 26.4 Å². The molecule has 4 atom stereocenters. The maximum absolute atomic E-state index is 13.5. The molecule has 1 N–H and O–H groups in total. The molecule has 0 aromatic heterocycles. The number of carbonyl (C=O) groups is 6. The van der Waals surface area contributed by atoms with E-state index in [1.807, 2.05) is 91.0 Å². The SMILES string of the molecule is CC(C)(C)OC(=O)CC(CCO)C(=O)N1C(=O)OC[C@@H]1Cc1ccccc1.CC(C)(C)OC(=O)CC(CCOCc1ccccc1)C(=O)N1C(=O)OC[C@@H]1Cc1ccccc1. The molecule has 14 nitrogen and oxygen atoms in total. The maximum atomic E-state index is 13.5. The van der Waals surface area contributed by atoms with Crippen molar-refractivity contribution in [2.45, 2.75) is 110 Å². The lowest BCUT2D eigenvalue weighted by Gasteiger charge is -2.26. The van der Waals surface area contributed by atoms with Gasteiger partial charge in [0.15, 0.2) is 0 Å². The molecule has 14 heteroatoms. The largest absolute Gasteiger partial charge is 0.460 e. The third-order valence-electron chi connectivity index (χ3n) is 9.59. The summed E-state index contributed by atoms with van der Waals surface area (Å²) in [6, 6.07) is 28.0. The van der Waals surface area contributed by atoms with E-state index in [2.05, 4.69) is 0 Å². The van der Waals surface area contributed by atoms with E-state index in [4.69, 9.17) is 23.7 Å². The van der Waals surface area contributed by atoms with Gasteiger partial charge in [0.2, 0.25) is 11.8 Å². The highest BCUT2D eigenvalue weighted by atomic mass is 16.6. The highest BCUT2D eigenvalue weighted by Gasteiger charge is 2.43. The van der Waals surface area contributed by atoms with Gasteiger partial charge >= 0.3 is 24.1 Å². The fourth-order valence-corrected chi connectivity index (χ4v) is 6.87. The Kier molecular flexibility index (Phi) is 18.0. The van der Waals surface area contributed by atoms with E-state index in [1.165, 1.54) is 4.90 Å². The third kappa shape index (κ3) is 16.1. The maximum Gasteiger partial charge on any atom is 0.416 e. The highest BCUT2D eigenvalue weighted by Crippen LogP contribution is 2.26. The molecule has 2 heterocycles. The van der Waals surface area contributed by atoms with Gasteiger partial charge in [-0.15, -0.1) is 0 Å². The van der Waals surface area contributed by atoms with Gasteiger partial charge in [0.05, 0.1) is 43.4 Å². The Bertz CT molecular complexity index is 1890. The minimum absolute atomic E-state index is 0.0694. The van der Waals surface area contributed by atoms with Crippen LogP contribution in [-0.4, -0.2) is 101 Å². The van der Waals surface area contributed by atoms with Gasteiger partial charge in [-0.2, -0.15) is 0 Å². The lowest BCUT2D eigenvalue weighted by Crippen LogP contribution is -2.44. The number of ether oxygens (including phenoxy) is 5. The minimum atomic E-state index is -0.839. The van der Waals surface area contributed by atoms with E-state index in [0.717, 1.165) is 21.6 Å². The molecule has 61 heavy (non-hydrogen) atoms. The van der Waals surface area contributed by atoms with Crippen LogP contribution in [0.25, 0.3) is 0 Å². The van der Waals surface area contributed by atoms with Gasteiger partial charge in [-0.3, -0.25) is 19.2 Å². The number of aliphatic hydroxyl groups is 1. The van der Waals surface area contributed by atoms with Crippen molar-refractivity contribution in [1.29, 1.82) is 0 Å². The summed E-state index contributed by atoms with van der Waals surface area (Å²) in [5.74, 6) is -3.57. The van der Waals surface area contributed by atoms with Crippen molar-refractivity contribution in [3.63, 3.8) is 0 Å². The fraction of sp³-hybridized carbons (Fsp3) is 0.489. The van der Waals surface area contributed by atoms with Crippen LogP contribution in [-0.2, 0) is 62.3 Å². The topological polar surface area (TPSA) is 175 Å². The summed E-state index contributed by atoms with van der Waals surface area (Å²) >= 11 is 0. The Balaban J connectivity index is 0.000000276. The van der Waals surface area contributed by atoms with Gasteiger partial charge in [-0.05, 0) is 83.9 Å². The zero-order chi connectivity index (χ0) is 44.6. The Labute approximate surface area is 358 Å². The number of hydrogen-bond donors (Lipinski definition) is 1. The quantitative estimate of drug-likeness (QED) is 0.0853. The number of esters is 2. The average Bonchev–Trinajstić information content (AvgIpc) is 3.75. The Morgan fingerprint density at radius 3 is 1.38 bits per heavy atom. The number of imide groups is 2. The van der Waals surface area contributed by atoms with E-state index < -0.39 is 71.1 Å². The van der Waals surface area contributed by atoms with Gasteiger partial charge in [0.1, 0.15) is 24.4 Å². The molecule has 0 saturated carbocycles. The van der Waals surface area contributed by atoms with E-state index in [1.54, 1.807) is 41.5 Å². The average molecular weight is 845 g/mol. The van der Waals surface area contributed by atoms with Crippen LogP contribution in [0.2, 0.25) is 0 Å². The van der Waals surface area contributed by atoms with Gasteiger partial charge < -0.3 is 28.8 Å². The molecule has 2 aliphatic rings. The molecule has 2 saturated heterocycles. The second-order valence-electron chi connectivity index (χ2n) is 17.1. The van der Waals surface area contributed by atoms with E-state index >= 15 is 0 Å². The summed E-state index contributed by atoms with van der Waals surface area (Å²) in [5, 5.41) is 9.30. The van der Waals surface area contributed by atoms with Crippen molar-refractivity contribution >= 4 is 35.9 Å². The number of hydrogen-bond acceptors (Lipinski definition) is 12. The summed E-state index contributed by atoms with van der Waals surface area (Å²) in [5.41, 5.74) is 1.65. The standard InChI is InChI=1S/C27H33NO6.C20H27NO6/c1-27(2,3)34-24(29)17-22(14-15-32-18-21-12-8-5-9-13-21)25(30)28-23(19-33-26(28)31)16-20-10-6-4-7-11-20;1-20(2,3)27-17(23)12-15(9-10-22)18(24)21-16(13-26-19(21)25)11-14-7-5-4-6-8-14/h4-13,22-23H,14-19H2,1-3H3;4-8,15-16,22H,9-13H2,1-3H3/t22?,23-;15?,16-/m00/s1. The van der Waals surface area contributed by atoms with E-state index in [0.29, 0.717) is 19.4 Å². The first kappa shape index (κ1) is 48.1. The second-order valence-corrected chi connectivity index (χ2v) is 17.1. The molecule has 5 rings (SSSR count). The zero-order valence-electron chi connectivity index (χ0n) is 36.1. The van der Waals surface area contributed by atoms with Crippen LogP contribution in [0.5, 0.6) is 0 Å². The Morgan fingerprint density at radius 2 is 1.00 bits per heavy atom. The molecule has 2 fully saturated rings. The molecular formula is C47H60N2O12. The van der Waals surface area contributed by atoms with Gasteiger partial charge in [0.25, 0.3) is 0 Å². The molecule has 4 amide bonds. The van der Waals surface area contributed by atoms with Crippen LogP contribution < -0.4 is 0 Å². The van der Waals surface area contributed by atoms with Crippen LogP contribution >= 0.6 is 0 Å². The number of cyclic esters (lactones) is 2. The smallest absolute Gasteiger partial charge is 0.416 e. The van der Waals surface area contributed by atoms with Crippen molar-refractivity contribution in [1.82, 2.24) is 9.80 Å². The summed E-state index contributed by atoms with van der Waals surface area (Å²) in [6.45, 7) is 11.2. The van der Waals surface area contributed by atoms with Crippen molar-refractivity contribution in [3.05, 3.63) is 108 Å². The number of aliphatic hydroxyl groups excluding tert-OH is 1. The normalized spacial score (nSPS) is 17.4. The lowest BCUT2D eigenvalue weighted by molar-refractivity contribution is -0.159. The molecule has 330 valence electrons. The second kappa shape index (κ2) is 22.8. The first-order valence-electron chi connectivity index (χ1n) is 20.7. The molecule has 3 aromatic rings. The molecule has 0 radical (unpaired) electrons. The zero-order valence-corrected chi connectivity index (χ0v) is 36.1. The monoisotopic (exact) mass is 844 g/mol. The molecule has 3 aromatic carbocycles. The highest BCUT2D eigenvalue weighted by molar-refractivity contribution is 5.97. The van der Waals surface area contributed by atoms with Crippen LogP contribution in [0.1, 0.15) is 83.9 Å². The Morgan fingerprint density at radius 1 is 0.623 bits per heavy atom. The molecule has 2 unspecified atom stereocenters. The molecule has 0 bridgehead atoms. The predicted molar refractivity (Wildman–Crippen MR) is 225 cm³/mol. The number of carbonyl (C=O) groups excluding carboxylic acids is 6. The van der Waals surface area contributed by atoms with E-state index in [-0.39, 0.29) is 52.1 Å². The van der Waals surface area contributed by atoms with Crippen molar-refractivity contribution in [2.24, 2.45) is 11.8 Å². The first-order valence-corrected chi connectivity index (χ1v) is 20.7. The van der Waals surface area contributed by atoms with Crippen LogP contribution in [0, 0.1) is 11.8 Å². The summed E-state index contributed by atoms with van der Waals surface area (Å²) in [4.78, 5) is 78.0. The first-order chi connectivity index (χ1) is 28.9. The van der Waals surface area contributed by atoms with Crippen molar-refractivity contribution < 1.29 is 57.6 Å². The summed E-state index contributed by atoms with van der Waals surface area (Å²) in [6.07, 6.45) is -0.408. The molecule has 0 spiro atoms. The number of benzene rings is 3. The van der Waals surface area contributed by atoms with Gasteiger partial charge in [0, 0.05) is 13.2 Å². The predicted octanol–water partition coefficient (Wildman–Crippen LogP) is 6.84. The van der Waals surface area contributed by atoms with Crippen LogP contribution in [0.15, 0.2) is 91.0 Å². The van der Waals surface area contributed by atoms with Crippen LogP contribution in [0.4, 0.5) is 9.59 Å². The third-order valence-corrected chi connectivity index (χ3v) is 9.59. The number of nitrogens with zero attached hydrogens (tertiary/aromatic N) is 2. The number of amides is 4. The lowest BCUT2D eigenvalue weighted by atomic mass is 9.98. The molecule has 0 aliphatic carbocycles. The van der Waals surface area contributed by atoms with Crippen LogP contribution in [0.3, 0.4) is 0 Å². The molecule has 2 aliphatic heterocycles. The fourth-order valence-electron chi connectivity index (χ4n) is 6.87. The summed E-state index contributed by atoms with van der Waals surface area (Å²) in [7, 11) is 0. The Hall–Kier alpha value is -5.60. The molecular weight excluding hydrogens is 785 g/mol. The van der Waals surface area contributed by atoms with Gasteiger partial charge in [-0.25, -0.2) is 19.4 Å². The minimum Gasteiger partial charge on any atom is -0.460 e. The summed E-state index contributed by atoms with van der Waals surface area (Å²) < 4.78 is 26.7. The van der Waals surface area contributed by atoms with E-state index in [9.17, 15) is 33.9 Å². The van der Waals surface area contributed by atoms with Crippen molar-refractivity contribution in [3.8, 4) is 0 Å². The van der Waals surface area contributed by atoms with Gasteiger partial charge in [-0.1, -0.05) is 91.0 Å². The number of rotatable bonds is 17.